The number of carbonyl (C=O) groups is 1. The van der Waals surface area contributed by atoms with Crippen LogP contribution < -0.4 is 9.46 Å². The second-order valence-corrected chi connectivity index (χ2v) is 6.93. The quantitative estimate of drug-likeness (QED) is 0.864. The van der Waals surface area contributed by atoms with E-state index in [1.807, 2.05) is 18.2 Å². The highest BCUT2D eigenvalue weighted by molar-refractivity contribution is 7.88. The lowest BCUT2D eigenvalue weighted by atomic mass is 10.1. The van der Waals surface area contributed by atoms with Gasteiger partial charge in [0, 0.05) is 19.1 Å². The molecule has 0 aliphatic carbocycles. The summed E-state index contributed by atoms with van der Waals surface area (Å²) in [6, 6.07) is 9.10. The van der Waals surface area contributed by atoms with Gasteiger partial charge in [0.25, 0.3) is 5.91 Å². The highest BCUT2D eigenvalue weighted by atomic mass is 32.2. The van der Waals surface area contributed by atoms with Gasteiger partial charge in [-0.05, 0) is 25.0 Å². The first-order valence-electron chi connectivity index (χ1n) is 6.87. The number of nitrogens with one attached hydrogen (secondary N) is 1. The van der Waals surface area contributed by atoms with Crippen LogP contribution in [0.1, 0.15) is 12.8 Å². The van der Waals surface area contributed by atoms with Crippen LogP contribution in [0.3, 0.4) is 0 Å². The lowest BCUT2D eigenvalue weighted by molar-refractivity contribution is -0.134. The molecule has 6 nitrogen and oxygen atoms in total. The summed E-state index contributed by atoms with van der Waals surface area (Å²) in [5.74, 6) is 0.594. The van der Waals surface area contributed by atoms with Gasteiger partial charge in [0.15, 0.2) is 6.61 Å². The van der Waals surface area contributed by atoms with E-state index in [0.717, 1.165) is 6.26 Å². The first-order chi connectivity index (χ1) is 9.94. The molecule has 0 spiro atoms. The number of amides is 1. The summed E-state index contributed by atoms with van der Waals surface area (Å²) >= 11 is 0. The molecule has 1 N–H and O–H groups in total. The lowest BCUT2D eigenvalue weighted by Crippen LogP contribution is -2.47. The Bertz CT molecular complexity index is 566. The van der Waals surface area contributed by atoms with Crippen LogP contribution >= 0.6 is 0 Å². The molecule has 2 rings (SSSR count). The van der Waals surface area contributed by atoms with Crippen LogP contribution in [0.15, 0.2) is 30.3 Å². The average molecular weight is 312 g/mol. The molecule has 116 valence electrons. The number of sulfonamides is 1. The first-order valence-corrected chi connectivity index (χ1v) is 8.76. The molecular weight excluding hydrogens is 292 g/mol. The van der Waals surface area contributed by atoms with E-state index < -0.39 is 10.0 Å². The molecule has 0 atom stereocenters. The number of benzene rings is 1. The summed E-state index contributed by atoms with van der Waals surface area (Å²) in [6.45, 7) is 1.10. The van der Waals surface area contributed by atoms with Crippen LogP contribution in [0.2, 0.25) is 0 Å². The molecule has 7 heteroatoms. The predicted molar refractivity (Wildman–Crippen MR) is 79.5 cm³/mol. The van der Waals surface area contributed by atoms with Crippen molar-refractivity contribution in [2.24, 2.45) is 0 Å². The van der Waals surface area contributed by atoms with Gasteiger partial charge in [-0.25, -0.2) is 13.1 Å². The number of likely N-dealkylation sites (tertiary alicyclic amines) is 1. The molecule has 0 unspecified atom stereocenters. The summed E-state index contributed by atoms with van der Waals surface area (Å²) in [7, 11) is -3.19. The van der Waals surface area contributed by atoms with Gasteiger partial charge in [-0.2, -0.15) is 0 Å². The van der Waals surface area contributed by atoms with Crippen molar-refractivity contribution in [3.05, 3.63) is 30.3 Å². The molecule has 1 aliphatic rings. The van der Waals surface area contributed by atoms with E-state index in [-0.39, 0.29) is 18.6 Å². The Morgan fingerprint density at radius 3 is 2.48 bits per heavy atom. The third-order valence-corrected chi connectivity index (χ3v) is 4.10. The topological polar surface area (TPSA) is 75.7 Å². The Morgan fingerprint density at radius 2 is 1.90 bits per heavy atom. The van der Waals surface area contributed by atoms with Crippen molar-refractivity contribution in [1.29, 1.82) is 0 Å². The zero-order chi connectivity index (χ0) is 15.3. The summed E-state index contributed by atoms with van der Waals surface area (Å²) < 4.78 is 30.3. The molecular formula is C14H20N2O4S. The number of hydrogen-bond acceptors (Lipinski definition) is 4. The molecule has 0 aromatic heterocycles. The van der Waals surface area contributed by atoms with Crippen molar-refractivity contribution in [2.75, 3.05) is 26.0 Å². The van der Waals surface area contributed by atoms with Crippen LogP contribution in [-0.4, -0.2) is 51.2 Å². The molecule has 0 saturated carbocycles. The van der Waals surface area contributed by atoms with E-state index in [9.17, 15) is 13.2 Å². The molecule has 1 fully saturated rings. The molecule has 1 heterocycles. The number of nitrogens with zero attached hydrogens (tertiary/aromatic N) is 1. The second kappa shape index (κ2) is 6.91. The van der Waals surface area contributed by atoms with Gasteiger partial charge in [0.2, 0.25) is 10.0 Å². The Balaban J connectivity index is 1.75. The third-order valence-electron chi connectivity index (χ3n) is 3.33. The summed E-state index contributed by atoms with van der Waals surface area (Å²) in [5.41, 5.74) is 0. The van der Waals surface area contributed by atoms with Crippen molar-refractivity contribution in [1.82, 2.24) is 9.62 Å². The van der Waals surface area contributed by atoms with Gasteiger partial charge in [0.1, 0.15) is 5.75 Å². The van der Waals surface area contributed by atoms with E-state index in [0.29, 0.717) is 31.7 Å². The molecule has 21 heavy (non-hydrogen) atoms. The fourth-order valence-corrected chi connectivity index (χ4v) is 3.14. The number of piperidine rings is 1. The number of carbonyl (C=O) groups excluding carboxylic acids is 1. The Morgan fingerprint density at radius 1 is 1.29 bits per heavy atom. The lowest BCUT2D eigenvalue weighted by Gasteiger charge is -2.31. The van der Waals surface area contributed by atoms with E-state index in [1.165, 1.54) is 0 Å². The summed E-state index contributed by atoms with van der Waals surface area (Å²) in [5, 5.41) is 0. The maximum atomic E-state index is 12.0. The van der Waals surface area contributed by atoms with Gasteiger partial charge in [-0.3, -0.25) is 4.79 Å². The van der Waals surface area contributed by atoms with E-state index >= 15 is 0 Å². The van der Waals surface area contributed by atoms with Crippen molar-refractivity contribution in [3.63, 3.8) is 0 Å². The highest BCUT2D eigenvalue weighted by Crippen LogP contribution is 2.13. The molecule has 1 aromatic rings. The average Bonchev–Trinajstić information content (AvgIpc) is 2.45. The number of para-hydroxylation sites is 1. The molecule has 0 bridgehead atoms. The van der Waals surface area contributed by atoms with Crippen LogP contribution in [0.5, 0.6) is 5.75 Å². The zero-order valence-electron chi connectivity index (χ0n) is 12.0. The molecule has 0 radical (unpaired) electrons. The molecule has 1 aliphatic heterocycles. The minimum Gasteiger partial charge on any atom is -0.484 e. The third kappa shape index (κ3) is 5.35. The highest BCUT2D eigenvalue weighted by Gasteiger charge is 2.24. The fraction of sp³-hybridized carbons (Fsp3) is 0.500. The van der Waals surface area contributed by atoms with E-state index in [1.54, 1.807) is 17.0 Å². The summed E-state index contributed by atoms with van der Waals surface area (Å²) in [6.07, 6.45) is 2.41. The predicted octanol–water partition coefficient (Wildman–Crippen LogP) is 0.606. The fourth-order valence-electron chi connectivity index (χ4n) is 2.30. The van der Waals surface area contributed by atoms with Crippen LogP contribution in [0.4, 0.5) is 0 Å². The van der Waals surface area contributed by atoms with Crippen molar-refractivity contribution in [2.45, 2.75) is 18.9 Å². The zero-order valence-corrected chi connectivity index (χ0v) is 12.8. The minimum atomic E-state index is -3.19. The number of ether oxygens (including phenoxy) is 1. The van der Waals surface area contributed by atoms with Crippen LogP contribution in [-0.2, 0) is 14.8 Å². The van der Waals surface area contributed by atoms with E-state index in [2.05, 4.69) is 4.72 Å². The van der Waals surface area contributed by atoms with Gasteiger partial charge < -0.3 is 9.64 Å². The van der Waals surface area contributed by atoms with Crippen LogP contribution in [0.25, 0.3) is 0 Å². The van der Waals surface area contributed by atoms with Crippen LogP contribution in [0, 0.1) is 0 Å². The Labute approximate surface area is 125 Å². The smallest absolute Gasteiger partial charge is 0.260 e. The van der Waals surface area contributed by atoms with Crippen molar-refractivity contribution in [3.8, 4) is 5.75 Å². The van der Waals surface area contributed by atoms with Gasteiger partial charge in [-0.15, -0.1) is 0 Å². The largest absolute Gasteiger partial charge is 0.484 e. The van der Waals surface area contributed by atoms with Crippen molar-refractivity contribution < 1.29 is 17.9 Å². The SMILES string of the molecule is CS(=O)(=O)NC1CCN(C(=O)COc2ccccc2)CC1. The molecule has 1 amide bonds. The maximum absolute atomic E-state index is 12.0. The second-order valence-electron chi connectivity index (χ2n) is 5.15. The first kappa shape index (κ1) is 15.8. The molecule has 1 aromatic carbocycles. The van der Waals surface area contributed by atoms with Gasteiger partial charge >= 0.3 is 0 Å². The minimum absolute atomic E-state index is 0.00812. The Hall–Kier alpha value is -1.60. The maximum Gasteiger partial charge on any atom is 0.260 e. The normalized spacial score (nSPS) is 16.7. The van der Waals surface area contributed by atoms with Crippen molar-refractivity contribution >= 4 is 15.9 Å². The van der Waals surface area contributed by atoms with Gasteiger partial charge in [-0.1, -0.05) is 18.2 Å². The standard InChI is InChI=1S/C14H20N2O4S/c1-21(18,19)15-12-7-9-16(10-8-12)14(17)11-20-13-5-3-2-4-6-13/h2-6,12,15H,7-11H2,1H3. The molecule has 1 saturated heterocycles. The monoisotopic (exact) mass is 312 g/mol. The Kier molecular flexibility index (Phi) is 5.19. The van der Waals surface area contributed by atoms with Gasteiger partial charge in [0.05, 0.1) is 6.26 Å². The summed E-state index contributed by atoms with van der Waals surface area (Å²) in [4.78, 5) is 13.7. The van der Waals surface area contributed by atoms with E-state index in [4.69, 9.17) is 4.74 Å². The number of rotatable bonds is 5. The number of hydrogen-bond donors (Lipinski definition) is 1.